The second-order valence-corrected chi connectivity index (χ2v) is 5.12. The first-order chi connectivity index (χ1) is 9.22. The molecule has 0 amide bonds. The van der Waals surface area contributed by atoms with E-state index < -0.39 is 0 Å². The van der Waals surface area contributed by atoms with Crippen molar-refractivity contribution in [2.75, 3.05) is 0 Å². The summed E-state index contributed by atoms with van der Waals surface area (Å²) in [6.07, 6.45) is 2.40. The minimum Gasteiger partial charge on any atom is -0.265 e. The van der Waals surface area contributed by atoms with Crippen LogP contribution in [-0.2, 0) is 6.42 Å². The average molecular weight is 251 g/mol. The number of nitrogens with zero attached hydrogens (tertiary/aromatic N) is 1. The van der Waals surface area contributed by atoms with Crippen LogP contribution >= 0.6 is 0 Å². The Kier molecular flexibility index (Phi) is 4.51. The van der Waals surface area contributed by atoms with Crippen LogP contribution in [0, 0.1) is 5.92 Å². The van der Waals surface area contributed by atoms with E-state index >= 15 is 0 Å². The van der Waals surface area contributed by atoms with E-state index in [1.807, 2.05) is 12.1 Å². The summed E-state index contributed by atoms with van der Waals surface area (Å²) >= 11 is 0. The summed E-state index contributed by atoms with van der Waals surface area (Å²) in [4.78, 5) is 3.91. The molecule has 0 spiro atoms. The highest BCUT2D eigenvalue weighted by Gasteiger charge is 2.02. The lowest BCUT2D eigenvalue weighted by molar-refractivity contribution is 0.560. The maximum absolute atomic E-state index is 3.91. The molecule has 2 aromatic rings. The first-order valence-electron chi connectivity index (χ1n) is 6.89. The van der Waals surface area contributed by atoms with E-state index in [2.05, 4.69) is 62.0 Å². The SMILES string of the molecule is C=Nc1ccc(-c2ccc(CC(C)CC)cc2)cc1. The van der Waals surface area contributed by atoms with E-state index in [-0.39, 0.29) is 0 Å². The molecule has 0 aliphatic rings. The lowest BCUT2D eigenvalue weighted by Crippen LogP contribution is -1.97. The van der Waals surface area contributed by atoms with E-state index in [4.69, 9.17) is 0 Å². The Morgan fingerprint density at radius 2 is 1.47 bits per heavy atom. The molecule has 0 saturated heterocycles. The standard InChI is InChI=1S/C18H21N/c1-4-14(2)13-15-5-7-16(8-6-15)17-9-11-18(19-3)12-10-17/h5-12,14H,3-4,13H2,1-2H3. The molecule has 2 rings (SSSR count). The number of hydrogen-bond acceptors (Lipinski definition) is 1. The van der Waals surface area contributed by atoms with Gasteiger partial charge in [-0.05, 0) is 47.9 Å². The Labute approximate surface area is 116 Å². The Hall–Kier alpha value is -1.89. The largest absolute Gasteiger partial charge is 0.265 e. The Morgan fingerprint density at radius 3 is 1.95 bits per heavy atom. The van der Waals surface area contributed by atoms with E-state index in [1.54, 1.807) is 0 Å². The van der Waals surface area contributed by atoms with Gasteiger partial charge in [-0.15, -0.1) is 0 Å². The van der Waals surface area contributed by atoms with Crippen molar-refractivity contribution in [1.29, 1.82) is 0 Å². The lowest BCUT2D eigenvalue weighted by atomic mass is 9.97. The van der Waals surface area contributed by atoms with Gasteiger partial charge in [0.25, 0.3) is 0 Å². The molecule has 0 fully saturated rings. The smallest absolute Gasteiger partial charge is 0.0622 e. The second kappa shape index (κ2) is 6.33. The third-order valence-electron chi connectivity index (χ3n) is 3.62. The summed E-state index contributed by atoms with van der Waals surface area (Å²) in [5.74, 6) is 0.754. The quantitative estimate of drug-likeness (QED) is 0.641. The number of aliphatic imine (C=N–C) groups is 1. The first-order valence-corrected chi connectivity index (χ1v) is 6.89. The third-order valence-corrected chi connectivity index (χ3v) is 3.62. The van der Waals surface area contributed by atoms with E-state index in [0.717, 1.165) is 18.0 Å². The Morgan fingerprint density at radius 1 is 0.947 bits per heavy atom. The molecule has 1 heteroatoms. The fraction of sp³-hybridized carbons (Fsp3) is 0.278. The van der Waals surface area contributed by atoms with Crippen molar-refractivity contribution in [3.05, 3.63) is 54.1 Å². The van der Waals surface area contributed by atoms with Gasteiger partial charge in [-0.1, -0.05) is 56.7 Å². The Balaban J connectivity index is 2.14. The zero-order chi connectivity index (χ0) is 13.7. The Bertz CT molecular complexity index is 523. The van der Waals surface area contributed by atoms with Crippen LogP contribution in [0.25, 0.3) is 11.1 Å². The number of rotatable bonds is 5. The highest BCUT2D eigenvalue weighted by Crippen LogP contribution is 2.23. The molecule has 0 aromatic heterocycles. The average Bonchev–Trinajstić information content (AvgIpc) is 2.48. The van der Waals surface area contributed by atoms with Crippen LogP contribution in [0.5, 0.6) is 0 Å². The molecule has 0 heterocycles. The molecular formula is C18H21N. The number of benzene rings is 2. The van der Waals surface area contributed by atoms with Gasteiger partial charge in [-0.3, -0.25) is 4.99 Å². The molecule has 0 aliphatic heterocycles. The summed E-state index contributed by atoms with van der Waals surface area (Å²) in [6, 6.07) is 17.1. The minimum absolute atomic E-state index is 0.754. The van der Waals surface area contributed by atoms with Gasteiger partial charge in [0.05, 0.1) is 5.69 Å². The van der Waals surface area contributed by atoms with Crippen LogP contribution in [0.3, 0.4) is 0 Å². The third kappa shape index (κ3) is 3.54. The van der Waals surface area contributed by atoms with Crippen molar-refractivity contribution in [3.63, 3.8) is 0 Å². The van der Waals surface area contributed by atoms with Gasteiger partial charge in [0.15, 0.2) is 0 Å². The molecular weight excluding hydrogens is 230 g/mol. The minimum atomic E-state index is 0.754. The highest BCUT2D eigenvalue weighted by atomic mass is 14.7. The molecule has 2 aromatic carbocycles. The number of hydrogen-bond donors (Lipinski definition) is 0. The molecule has 0 N–H and O–H groups in total. The maximum atomic E-state index is 3.91. The van der Waals surface area contributed by atoms with Gasteiger partial charge in [0.2, 0.25) is 0 Å². The predicted octanol–water partition coefficient (Wildman–Crippen LogP) is 5.27. The van der Waals surface area contributed by atoms with Crippen molar-refractivity contribution in [1.82, 2.24) is 0 Å². The zero-order valence-corrected chi connectivity index (χ0v) is 11.8. The van der Waals surface area contributed by atoms with Crippen LogP contribution in [0.1, 0.15) is 25.8 Å². The summed E-state index contributed by atoms with van der Waals surface area (Å²) in [7, 11) is 0. The topological polar surface area (TPSA) is 12.4 Å². The van der Waals surface area contributed by atoms with Crippen LogP contribution in [-0.4, -0.2) is 6.72 Å². The highest BCUT2D eigenvalue weighted by molar-refractivity contribution is 5.66. The fourth-order valence-corrected chi connectivity index (χ4v) is 2.14. The van der Waals surface area contributed by atoms with Crippen molar-refractivity contribution in [2.45, 2.75) is 26.7 Å². The molecule has 1 unspecified atom stereocenters. The van der Waals surface area contributed by atoms with Gasteiger partial charge in [-0.2, -0.15) is 0 Å². The molecule has 0 bridgehead atoms. The van der Waals surface area contributed by atoms with Crippen LogP contribution in [0.4, 0.5) is 5.69 Å². The summed E-state index contributed by atoms with van der Waals surface area (Å²) in [6.45, 7) is 8.08. The zero-order valence-electron chi connectivity index (χ0n) is 11.8. The van der Waals surface area contributed by atoms with Crippen LogP contribution in [0.15, 0.2) is 53.5 Å². The van der Waals surface area contributed by atoms with Gasteiger partial charge in [0, 0.05) is 0 Å². The summed E-state index contributed by atoms with van der Waals surface area (Å²) < 4.78 is 0. The summed E-state index contributed by atoms with van der Waals surface area (Å²) in [5.41, 5.74) is 4.81. The normalized spacial score (nSPS) is 12.1. The van der Waals surface area contributed by atoms with Crippen molar-refractivity contribution < 1.29 is 0 Å². The molecule has 0 aliphatic carbocycles. The van der Waals surface area contributed by atoms with Gasteiger partial charge in [0.1, 0.15) is 0 Å². The molecule has 19 heavy (non-hydrogen) atoms. The van der Waals surface area contributed by atoms with E-state index in [1.165, 1.54) is 23.1 Å². The molecule has 0 radical (unpaired) electrons. The van der Waals surface area contributed by atoms with Crippen LogP contribution < -0.4 is 0 Å². The fourth-order valence-electron chi connectivity index (χ4n) is 2.14. The molecule has 98 valence electrons. The van der Waals surface area contributed by atoms with E-state index in [0.29, 0.717) is 0 Å². The lowest BCUT2D eigenvalue weighted by Gasteiger charge is -2.09. The van der Waals surface area contributed by atoms with E-state index in [9.17, 15) is 0 Å². The second-order valence-electron chi connectivity index (χ2n) is 5.12. The van der Waals surface area contributed by atoms with Crippen molar-refractivity contribution in [2.24, 2.45) is 10.9 Å². The molecule has 0 saturated carbocycles. The van der Waals surface area contributed by atoms with Crippen LogP contribution in [0.2, 0.25) is 0 Å². The molecule has 1 atom stereocenters. The maximum Gasteiger partial charge on any atom is 0.0622 e. The summed E-state index contributed by atoms with van der Waals surface area (Å²) in [5, 5.41) is 0. The first kappa shape index (κ1) is 13.5. The molecule has 1 nitrogen and oxygen atoms in total. The monoisotopic (exact) mass is 251 g/mol. The van der Waals surface area contributed by atoms with Crippen molar-refractivity contribution in [3.8, 4) is 11.1 Å². The van der Waals surface area contributed by atoms with Gasteiger partial charge < -0.3 is 0 Å². The van der Waals surface area contributed by atoms with Gasteiger partial charge in [-0.25, -0.2) is 0 Å². The van der Waals surface area contributed by atoms with Crippen molar-refractivity contribution >= 4 is 12.4 Å². The van der Waals surface area contributed by atoms with Gasteiger partial charge >= 0.3 is 0 Å². The predicted molar refractivity (Wildman–Crippen MR) is 84.2 cm³/mol.